The van der Waals surface area contributed by atoms with Crippen molar-refractivity contribution >= 4 is 11.7 Å². The van der Waals surface area contributed by atoms with E-state index in [-0.39, 0.29) is 35.4 Å². The molecule has 1 saturated carbocycles. The van der Waals surface area contributed by atoms with E-state index in [0.717, 1.165) is 24.8 Å². The van der Waals surface area contributed by atoms with E-state index >= 15 is 0 Å². The summed E-state index contributed by atoms with van der Waals surface area (Å²) in [6.07, 6.45) is 4.03. The minimum atomic E-state index is -0.541. The number of aliphatic hydroxyl groups excluding tert-OH is 1. The molecule has 0 radical (unpaired) electrons. The first-order valence-electron chi connectivity index (χ1n) is 10.9. The van der Waals surface area contributed by atoms with E-state index in [0.29, 0.717) is 42.9 Å². The number of rotatable bonds is 6. The van der Waals surface area contributed by atoms with Gasteiger partial charge in [-0.2, -0.15) is 0 Å². The van der Waals surface area contributed by atoms with Crippen LogP contribution in [0.3, 0.4) is 0 Å². The van der Waals surface area contributed by atoms with E-state index in [9.17, 15) is 19.1 Å². The largest absolute Gasteiger partial charge is 0.491 e. The Bertz CT molecular complexity index is 1010. The molecule has 6 nitrogen and oxygen atoms in total. The van der Waals surface area contributed by atoms with Crippen LogP contribution in [-0.4, -0.2) is 40.5 Å². The van der Waals surface area contributed by atoms with Crippen molar-refractivity contribution in [2.24, 2.45) is 0 Å². The van der Waals surface area contributed by atoms with Gasteiger partial charge in [-0.1, -0.05) is 25.8 Å². The number of carbonyl (C=O) groups excluding carboxylic acids is 2. The molecule has 31 heavy (non-hydrogen) atoms. The summed E-state index contributed by atoms with van der Waals surface area (Å²) >= 11 is 0. The molecule has 2 aliphatic rings. The molecule has 4 rings (SSSR count). The average Bonchev–Trinajstić information content (AvgIpc) is 3.24. The Kier molecular flexibility index (Phi) is 6.32. The van der Waals surface area contributed by atoms with Gasteiger partial charge in [-0.3, -0.25) is 9.59 Å². The molecule has 0 bridgehead atoms. The fourth-order valence-electron chi connectivity index (χ4n) is 4.31. The predicted molar refractivity (Wildman–Crippen MR) is 113 cm³/mol. The Morgan fingerprint density at radius 1 is 1.26 bits per heavy atom. The number of ether oxygens (including phenoxy) is 1. The molecule has 2 N–H and O–H groups in total. The van der Waals surface area contributed by atoms with Crippen molar-refractivity contribution in [3.63, 3.8) is 0 Å². The zero-order valence-electron chi connectivity index (χ0n) is 17.6. The van der Waals surface area contributed by atoms with Gasteiger partial charge in [-0.05, 0) is 36.6 Å². The standard InChI is InChI=1S/C24H27FN2O4/c1-2-21(28)16-8-7-14(12-17(16)25)11-15-13-20(26-19-9-10-31-23(15)19)24(30)27-18-5-3-4-6-22(18)29/h7-8,12-13,18,22,29H,2-6,9-11H2,1H3,(H,27,30)/t18-,22-/m0/s1. The molecule has 2 aromatic rings. The van der Waals surface area contributed by atoms with Gasteiger partial charge in [-0.15, -0.1) is 0 Å². The second kappa shape index (κ2) is 9.14. The minimum Gasteiger partial charge on any atom is -0.491 e. The number of amides is 1. The normalized spacial score (nSPS) is 20.1. The number of carbonyl (C=O) groups is 2. The number of pyridine rings is 1. The Morgan fingerprint density at radius 2 is 2.06 bits per heavy atom. The second-order valence-corrected chi connectivity index (χ2v) is 8.24. The first kappa shape index (κ1) is 21.4. The van der Waals surface area contributed by atoms with Gasteiger partial charge in [-0.25, -0.2) is 9.37 Å². The van der Waals surface area contributed by atoms with Gasteiger partial charge in [0.25, 0.3) is 5.91 Å². The van der Waals surface area contributed by atoms with Gasteiger partial charge in [0.1, 0.15) is 17.3 Å². The van der Waals surface area contributed by atoms with E-state index in [1.165, 1.54) is 12.1 Å². The third kappa shape index (κ3) is 4.61. The molecule has 1 aliphatic heterocycles. The summed E-state index contributed by atoms with van der Waals surface area (Å²) in [5.41, 5.74) is 2.52. The number of hydrogen-bond donors (Lipinski definition) is 2. The van der Waals surface area contributed by atoms with Crippen molar-refractivity contribution in [2.75, 3.05) is 6.61 Å². The van der Waals surface area contributed by atoms with Crippen LogP contribution in [0.5, 0.6) is 5.75 Å². The van der Waals surface area contributed by atoms with Crippen LogP contribution in [0.15, 0.2) is 24.3 Å². The number of nitrogens with one attached hydrogen (secondary N) is 1. The predicted octanol–water partition coefficient (Wildman–Crippen LogP) is 3.37. The highest BCUT2D eigenvalue weighted by Crippen LogP contribution is 2.31. The summed E-state index contributed by atoms with van der Waals surface area (Å²) in [4.78, 5) is 29.2. The highest BCUT2D eigenvalue weighted by atomic mass is 19.1. The third-order valence-corrected chi connectivity index (χ3v) is 6.03. The Morgan fingerprint density at radius 3 is 2.81 bits per heavy atom. The lowest BCUT2D eigenvalue weighted by atomic mass is 9.92. The number of fused-ring (bicyclic) bond motifs is 1. The minimum absolute atomic E-state index is 0.0913. The summed E-state index contributed by atoms with van der Waals surface area (Å²) in [5.74, 6) is -0.457. The number of aliphatic hydroxyl groups is 1. The van der Waals surface area contributed by atoms with Crippen molar-refractivity contribution in [1.29, 1.82) is 0 Å². The maximum absolute atomic E-state index is 14.4. The second-order valence-electron chi connectivity index (χ2n) is 8.24. The van der Waals surface area contributed by atoms with Crippen LogP contribution in [0.4, 0.5) is 4.39 Å². The number of benzene rings is 1. The van der Waals surface area contributed by atoms with E-state index in [2.05, 4.69) is 10.3 Å². The zero-order valence-corrected chi connectivity index (χ0v) is 17.6. The molecule has 1 aromatic heterocycles. The number of aromatic nitrogens is 1. The summed E-state index contributed by atoms with van der Waals surface area (Å²) < 4.78 is 20.1. The highest BCUT2D eigenvalue weighted by molar-refractivity contribution is 5.96. The van der Waals surface area contributed by atoms with Crippen LogP contribution in [-0.2, 0) is 12.8 Å². The summed E-state index contributed by atoms with van der Waals surface area (Å²) in [6.45, 7) is 2.19. The number of halogens is 1. The average molecular weight is 426 g/mol. The fraction of sp³-hybridized carbons (Fsp3) is 0.458. The van der Waals surface area contributed by atoms with E-state index in [1.54, 1.807) is 19.1 Å². The van der Waals surface area contributed by atoms with E-state index < -0.39 is 11.9 Å². The molecule has 0 saturated heterocycles. The summed E-state index contributed by atoms with van der Waals surface area (Å²) in [6, 6.07) is 6.01. The van der Waals surface area contributed by atoms with Crippen molar-refractivity contribution in [3.8, 4) is 5.75 Å². The highest BCUT2D eigenvalue weighted by Gasteiger charge is 2.27. The van der Waals surface area contributed by atoms with Crippen LogP contribution in [0, 0.1) is 5.82 Å². The lowest BCUT2D eigenvalue weighted by Crippen LogP contribution is -2.45. The molecule has 0 unspecified atom stereocenters. The molecule has 2 heterocycles. The molecule has 164 valence electrons. The third-order valence-electron chi connectivity index (χ3n) is 6.03. The van der Waals surface area contributed by atoms with Crippen LogP contribution >= 0.6 is 0 Å². The van der Waals surface area contributed by atoms with Gasteiger partial charge in [0.15, 0.2) is 5.78 Å². The zero-order chi connectivity index (χ0) is 22.0. The molecular weight excluding hydrogens is 399 g/mol. The summed E-state index contributed by atoms with van der Waals surface area (Å²) in [7, 11) is 0. The molecular formula is C24H27FN2O4. The van der Waals surface area contributed by atoms with Crippen LogP contribution in [0.1, 0.15) is 76.7 Å². The fourth-order valence-corrected chi connectivity index (χ4v) is 4.31. The quantitative estimate of drug-likeness (QED) is 0.692. The van der Waals surface area contributed by atoms with Gasteiger partial charge >= 0.3 is 0 Å². The van der Waals surface area contributed by atoms with E-state index in [1.807, 2.05) is 0 Å². The molecule has 1 amide bonds. The number of ketones is 1. The Hall–Kier alpha value is -2.80. The molecule has 7 heteroatoms. The van der Waals surface area contributed by atoms with Crippen molar-refractivity contribution < 1.29 is 23.8 Å². The number of Topliss-reactive ketones (excluding diaryl/α,β-unsaturated/α-hetero) is 1. The van der Waals surface area contributed by atoms with E-state index in [4.69, 9.17) is 4.74 Å². The number of nitrogens with zero attached hydrogens (tertiary/aromatic N) is 1. The van der Waals surface area contributed by atoms with Crippen LogP contribution in [0.2, 0.25) is 0 Å². The van der Waals surface area contributed by atoms with Crippen molar-refractivity contribution in [1.82, 2.24) is 10.3 Å². The van der Waals surface area contributed by atoms with Crippen molar-refractivity contribution in [2.45, 2.75) is 64.0 Å². The maximum Gasteiger partial charge on any atom is 0.270 e. The SMILES string of the molecule is CCC(=O)c1ccc(Cc2cc(C(=O)N[C@H]3CCCC[C@@H]3O)nc3c2OCC3)cc1F. The van der Waals surface area contributed by atoms with Crippen molar-refractivity contribution in [3.05, 3.63) is 58.2 Å². The Labute approximate surface area is 180 Å². The van der Waals surface area contributed by atoms with Gasteiger partial charge in [0.05, 0.1) is 30.0 Å². The molecule has 1 aromatic carbocycles. The lowest BCUT2D eigenvalue weighted by molar-refractivity contribution is 0.0713. The monoisotopic (exact) mass is 426 g/mol. The van der Waals surface area contributed by atoms with Crippen LogP contribution < -0.4 is 10.1 Å². The lowest BCUT2D eigenvalue weighted by Gasteiger charge is -2.28. The summed E-state index contributed by atoms with van der Waals surface area (Å²) in [5, 5.41) is 13.1. The molecule has 0 spiro atoms. The van der Waals surface area contributed by atoms with Crippen LogP contribution in [0.25, 0.3) is 0 Å². The maximum atomic E-state index is 14.4. The molecule has 1 aliphatic carbocycles. The first-order valence-corrected chi connectivity index (χ1v) is 10.9. The Balaban J connectivity index is 1.58. The topological polar surface area (TPSA) is 88.5 Å². The molecule has 1 fully saturated rings. The van der Waals surface area contributed by atoms with Gasteiger partial charge in [0, 0.05) is 24.8 Å². The van der Waals surface area contributed by atoms with Gasteiger partial charge < -0.3 is 15.2 Å². The smallest absolute Gasteiger partial charge is 0.270 e. The first-order chi connectivity index (χ1) is 15.0. The number of hydrogen-bond acceptors (Lipinski definition) is 5. The molecule has 2 atom stereocenters. The van der Waals surface area contributed by atoms with Gasteiger partial charge in [0.2, 0.25) is 0 Å².